The van der Waals surface area contributed by atoms with Crippen LogP contribution in [0.4, 0.5) is 13.2 Å². The van der Waals surface area contributed by atoms with E-state index in [9.17, 15) is 17.7 Å². The van der Waals surface area contributed by atoms with Crippen molar-refractivity contribution in [2.24, 2.45) is 4.76 Å². The summed E-state index contributed by atoms with van der Waals surface area (Å²) < 4.78 is 50.6. The van der Waals surface area contributed by atoms with Crippen molar-refractivity contribution in [3.63, 3.8) is 0 Å². The van der Waals surface area contributed by atoms with Crippen LogP contribution < -0.4 is 0 Å². The molecule has 0 aliphatic heterocycles. The highest BCUT2D eigenvalue weighted by Crippen LogP contribution is 2.37. The van der Waals surface area contributed by atoms with Crippen molar-refractivity contribution in [1.29, 1.82) is 0 Å². The summed E-state index contributed by atoms with van der Waals surface area (Å²) in [4.78, 5) is 17.2. The van der Waals surface area contributed by atoms with Crippen LogP contribution in [0.5, 0.6) is 0 Å². The van der Waals surface area contributed by atoms with E-state index in [1.54, 1.807) is 0 Å². The lowest BCUT2D eigenvalue weighted by molar-refractivity contribution is -0.137. The minimum Gasteiger partial charge on any atom is -0.307 e. The van der Waals surface area contributed by atoms with E-state index in [1.165, 1.54) is 19.1 Å². The molecular formula is C10H11F3NO3PS. The van der Waals surface area contributed by atoms with Crippen LogP contribution in [0.3, 0.4) is 0 Å². The normalized spacial score (nSPS) is 13.7. The standard InChI is InChI=1S/C10H11F3NO3PS/c1-7(14-18(15,16)17)19-6-8-2-4-9(5-3-8)10(11,12)13/h2-5H,6H2,1H3,(H2,15,16,17)/b14-7+. The predicted octanol–water partition coefficient (Wildman–Crippen LogP) is 3.45. The highest BCUT2D eigenvalue weighted by atomic mass is 32.2. The molecule has 0 saturated carbocycles. The first-order valence-corrected chi connectivity index (χ1v) is 7.54. The summed E-state index contributed by atoms with van der Waals surface area (Å²) >= 11 is 1.05. The second kappa shape index (κ2) is 6.09. The number of nitrogens with zero attached hydrogens (tertiary/aromatic N) is 1. The molecule has 2 N–H and O–H groups in total. The maximum atomic E-state index is 12.3. The Labute approximate surface area is 112 Å². The fraction of sp³-hybridized carbons (Fsp3) is 0.300. The predicted molar refractivity (Wildman–Crippen MR) is 67.9 cm³/mol. The molecule has 0 unspecified atom stereocenters. The van der Waals surface area contributed by atoms with Crippen molar-refractivity contribution >= 4 is 24.6 Å². The van der Waals surface area contributed by atoms with Crippen LogP contribution in [0, 0.1) is 0 Å². The van der Waals surface area contributed by atoms with Crippen molar-refractivity contribution in [2.75, 3.05) is 0 Å². The van der Waals surface area contributed by atoms with Gasteiger partial charge in [0.2, 0.25) is 0 Å². The maximum absolute atomic E-state index is 12.3. The van der Waals surface area contributed by atoms with Gasteiger partial charge in [-0.2, -0.15) is 17.9 Å². The largest absolute Gasteiger partial charge is 0.449 e. The average Bonchev–Trinajstić information content (AvgIpc) is 2.23. The molecule has 19 heavy (non-hydrogen) atoms. The molecule has 0 aliphatic carbocycles. The number of thioether (sulfide) groups is 1. The molecule has 0 fully saturated rings. The maximum Gasteiger partial charge on any atom is 0.449 e. The van der Waals surface area contributed by atoms with Crippen LogP contribution in [0.2, 0.25) is 0 Å². The number of hydrogen-bond donors (Lipinski definition) is 2. The Morgan fingerprint density at radius 3 is 2.26 bits per heavy atom. The number of benzene rings is 1. The van der Waals surface area contributed by atoms with E-state index in [-0.39, 0.29) is 10.8 Å². The fourth-order valence-electron chi connectivity index (χ4n) is 1.19. The van der Waals surface area contributed by atoms with Gasteiger partial charge in [-0.25, -0.2) is 4.57 Å². The highest BCUT2D eigenvalue weighted by molar-refractivity contribution is 8.13. The summed E-state index contributed by atoms with van der Waals surface area (Å²) in [5.41, 5.74) is -0.125. The van der Waals surface area contributed by atoms with E-state index in [0.29, 0.717) is 5.56 Å². The van der Waals surface area contributed by atoms with Crippen molar-refractivity contribution in [3.05, 3.63) is 35.4 Å². The molecule has 0 aromatic heterocycles. The van der Waals surface area contributed by atoms with Crippen LogP contribution in [0.25, 0.3) is 0 Å². The van der Waals surface area contributed by atoms with Crippen LogP contribution in [-0.2, 0) is 16.5 Å². The van der Waals surface area contributed by atoms with E-state index < -0.39 is 19.5 Å². The van der Waals surface area contributed by atoms with Crippen molar-refractivity contribution in [3.8, 4) is 0 Å². The van der Waals surface area contributed by atoms with Crippen LogP contribution in [-0.4, -0.2) is 14.8 Å². The first-order chi connectivity index (χ1) is 8.58. The Balaban J connectivity index is 2.65. The minimum absolute atomic E-state index is 0.174. The topological polar surface area (TPSA) is 69.9 Å². The Morgan fingerprint density at radius 1 is 1.32 bits per heavy atom. The summed E-state index contributed by atoms with van der Waals surface area (Å²) in [5, 5.41) is 0.174. The summed E-state index contributed by atoms with van der Waals surface area (Å²) in [7, 11) is -4.45. The summed E-state index contributed by atoms with van der Waals surface area (Å²) in [6.07, 6.45) is -4.37. The zero-order chi connectivity index (χ0) is 14.7. The molecular weight excluding hydrogens is 302 g/mol. The molecule has 0 saturated heterocycles. The van der Waals surface area contributed by atoms with Gasteiger partial charge in [-0.05, 0) is 24.6 Å². The Bertz CT molecular complexity index is 510. The van der Waals surface area contributed by atoms with Gasteiger partial charge in [0.15, 0.2) is 0 Å². The molecule has 9 heteroatoms. The fourth-order valence-corrected chi connectivity index (χ4v) is 2.67. The molecule has 0 atom stereocenters. The molecule has 0 radical (unpaired) electrons. The molecule has 1 aromatic rings. The SMILES string of the molecule is C/C(=N\P(=O)(O)O)SCc1ccc(C(F)(F)F)cc1. The lowest BCUT2D eigenvalue weighted by Crippen LogP contribution is -2.04. The Kier molecular flexibility index (Phi) is 5.20. The number of hydrogen-bond acceptors (Lipinski definition) is 2. The molecule has 1 rings (SSSR count). The van der Waals surface area contributed by atoms with E-state index in [4.69, 9.17) is 9.79 Å². The van der Waals surface area contributed by atoms with Gasteiger partial charge in [0.25, 0.3) is 0 Å². The van der Waals surface area contributed by atoms with Gasteiger partial charge in [0.05, 0.1) is 10.6 Å². The number of alkyl halides is 3. The quantitative estimate of drug-likeness (QED) is 0.509. The smallest absolute Gasteiger partial charge is 0.307 e. The highest BCUT2D eigenvalue weighted by Gasteiger charge is 2.29. The van der Waals surface area contributed by atoms with E-state index >= 15 is 0 Å². The van der Waals surface area contributed by atoms with Crippen LogP contribution in [0.15, 0.2) is 29.0 Å². The summed E-state index contributed by atoms with van der Waals surface area (Å²) in [5.74, 6) is 0.285. The average molecular weight is 313 g/mol. The molecule has 0 aliphatic rings. The molecule has 0 bridgehead atoms. The third-order valence-corrected chi connectivity index (χ3v) is 3.68. The van der Waals surface area contributed by atoms with E-state index in [0.717, 1.165) is 23.9 Å². The summed E-state index contributed by atoms with van der Waals surface area (Å²) in [6, 6.07) is 4.57. The Hall–Kier alpha value is -0.820. The van der Waals surface area contributed by atoms with Crippen LogP contribution >= 0.6 is 19.5 Å². The second-order valence-electron chi connectivity index (χ2n) is 3.62. The third kappa shape index (κ3) is 6.24. The van der Waals surface area contributed by atoms with Crippen LogP contribution in [0.1, 0.15) is 18.1 Å². The summed E-state index contributed by atoms with van der Waals surface area (Å²) in [6.45, 7) is 1.42. The Morgan fingerprint density at radius 2 is 1.84 bits per heavy atom. The molecule has 0 spiro atoms. The number of halogens is 3. The molecule has 0 amide bonds. The lowest BCUT2D eigenvalue weighted by Gasteiger charge is -2.07. The van der Waals surface area contributed by atoms with Gasteiger partial charge in [-0.15, -0.1) is 11.8 Å². The first kappa shape index (κ1) is 16.2. The number of rotatable bonds is 3. The van der Waals surface area contributed by atoms with Gasteiger partial charge in [0.1, 0.15) is 0 Å². The van der Waals surface area contributed by atoms with Gasteiger partial charge in [-0.3, -0.25) is 0 Å². The van der Waals surface area contributed by atoms with Gasteiger partial charge in [-0.1, -0.05) is 12.1 Å². The zero-order valence-electron chi connectivity index (χ0n) is 9.76. The molecule has 4 nitrogen and oxygen atoms in total. The van der Waals surface area contributed by atoms with Crippen molar-refractivity contribution in [2.45, 2.75) is 18.9 Å². The molecule has 0 heterocycles. The lowest BCUT2D eigenvalue weighted by atomic mass is 10.1. The molecule has 1 aromatic carbocycles. The van der Waals surface area contributed by atoms with Crippen molar-refractivity contribution in [1.82, 2.24) is 0 Å². The monoisotopic (exact) mass is 313 g/mol. The van der Waals surface area contributed by atoms with E-state index in [2.05, 4.69) is 4.76 Å². The minimum atomic E-state index is -4.45. The van der Waals surface area contributed by atoms with Crippen molar-refractivity contribution < 1.29 is 27.5 Å². The first-order valence-electron chi connectivity index (χ1n) is 4.99. The van der Waals surface area contributed by atoms with Gasteiger partial charge < -0.3 is 9.79 Å². The van der Waals surface area contributed by atoms with E-state index in [1.807, 2.05) is 0 Å². The second-order valence-corrected chi connectivity index (χ2v) is 6.01. The van der Waals surface area contributed by atoms with Gasteiger partial charge in [0, 0.05) is 5.75 Å². The third-order valence-electron chi connectivity index (χ3n) is 2.00. The molecule has 106 valence electrons. The van der Waals surface area contributed by atoms with Gasteiger partial charge >= 0.3 is 13.9 Å². The zero-order valence-corrected chi connectivity index (χ0v) is 11.5.